The Kier molecular flexibility index (Phi) is 4.64. The zero-order valence-corrected chi connectivity index (χ0v) is 11.1. The Morgan fingerprint density at radius 3 is 2.50 bits per heavy atom. The summed E-state index contributed by atoms with van der Waals surface area (Å²) in [5.41, 5.74) is -0.0932. The lowest BCUT2D eigenvalue weighted by Crippen LogP contribution is -2.36. The lowest BCUT2D eigenvalue weighted by Gasteiger charge is -2.30. The van der Waals surface area contributed by atoms with E-state index in [1.165, 1.54) is 0 Å². The first-order chi connectivity index (χ1) is 8.32. The molecule has 1 heterocycles. The monoisotopic (exact) mass is 254 g/mol. The first kappa shape index (κ1) is 14.4. The van der Waals surface area contributed by atoms with E-state index < -0.39 is 11.8 Å². The van der Waals surface area contributed by atoms with E-state index in [1.807, 2.05) is 32.6 Å². The minimum atomic E-state index is -1.16. The number of rotatable bonds is 5. The fraction of sp³-hybridized carbons (Fsp3) is 0.538. The van der Waals surface area contributed by atoms with Crippen LogP contribution >= 0.6 is 0 Å². The van der Waals surface area contributed by atoms with Gasteiger partial charge in [0.05, 0.1) is 6.20 Å². The zero-order valence-electron chi connectivity index (χ0n) is 11.1. The average molecular weight is 254 g/mol. The number of hydrogen-bond donors (Lipinski definition) is 1. The summed E-state index contributed by atoms with van der Waals surface area (Å²) in [6.07, 6.45) is 1.05. The van der Waals surface area contributed by atoms with Crippen LogP contribution < -0.4 is 4.90 Å². The van der Waals surface area contributed by atoms with Crippen molar-refractivity contribution in [3.05, 3.63) is 23.6 Å². The number of carboxylic acid groups (broad SMARTS) is 1. The molecule has 0 unspecified atom stereocenters. The Balaban J connectivity index is 3.22. The number of hydrogen-bond acceptors (Lipinski definition) is 3. The van der Waals surface area contributed by atoms with E-state index in [2.05, 4.69) is 4.98 Å². The fourth-order valence-electron chi connectivity index (χ4n) is 1.75. The maximum atomic E-state index is 13.1. The van der Waals surface area contributed by atoms with Crippen LogP contribution in [-0.4, -0.2) is 28.6 Å². The first-order valence-corrected chi connectivity index (χ1v) is 5.98. The van der Waals surface area contributed by atoms with Crippen LogP contribution in [0.5, 0.6) is 0 Å². The van der Waals surface area contributed by atoms with Crippen molar-refractivity contribution >= 4 is 11.8 Å². The third-order valence-electron chi connectivity index (χ3n) is 2.52. The number of aromatic nitrogens is 1. The van der Waals surface area contributed by atoms with Gasteiger partial charge in [0, 0.05) is 12.6 Å². The third-order valence-corrected chi connectivity index (χ3v) is 2.52. The van der Waals surface area contributed by atoms with E-state index in [1.54, 1.807) is 0 Å². The van der Waals surface area contributed by atoms with Gasteiger partial charge in [-0.05, 0) is 25.8 Å². The molecule has 0 saturated carbocycles. The van der Waals surface area contributed by atoms with Crippen molar-refractivity contribution < 1.29 is 14.3 Å². The SMILES string of the molecule is CC(C)CN(c1ncc(F)cc1C(=O)O)C(C)C. The van der Waals surface area contributed by atoms with E-state index in [9.17, 15) is 9.18 Å². The Hall–Kier alpha value is -1.65. The standard InChI is InChI=1S/C13H19FN2O2/c1-8(2)7-16(9(3)4)12-11(13(17)18)5-10(14)6-15-12/h5-6,8-9H,7H2,1-4H3,(H,17,18). The summed E-state index contributed by atoms with van der Waals surface area (Å²) < 4.78 is 13.1. The van der Waals surface area contributed by atoms with Gasteiger partial charge in [0.2, 0.25) is 0 Å². The summed E-state index contributed by atoms with van der Waals surface area (Å²) in [5.74, 6) is -1.11. The quantitative estimate of drug-likeness (QED) is 0.877. The molecule has 4 nitrogen and oxygen atoms in total. The Morgan fingerprint density at radius 2 is 2.06 bits per heavy atom. The molecule has 1 N–H and O–H groups in total. The van der Waals surface area contributed by atoms with Crippen LogP contribution in [0.2, 0.25) is 0 Å². The molecule has 0 amide bonds. The summed E-state index contributed by atoms with van der Waals surface area (Å²) in [6, 6.07) is 1.11. The van der Waals surface area contributed by atoms with Crippen LogP contribution in [-0.2, 0) is 0 Å². The number of anilines is 1. The van der Waals surface area contributed by atoms with Gasteiger partial charge in [0.15, 0.2) is 0 Å². The molecule has 0 aliphatic rings. The van der Waals surface area contributed by atoms with Crippen LogP contribution in [0.1, 0.15) is 38.1 Å². The maximum absolute atomic E-state index is 13.1. The molecule has 1 aromatic heterocycles. The number of nitrogens with zero attached hydrogens (tertiary/aromatic N) is 2. The second-order valence-electron chi connectivity index (χ2n) is 4.97. The van der Waals surface area contributed by atoms with E-state index in [0.29, 0.717) is 18.3 Å². The van der Waals surface area contributed by atoms with Gasteiger partial charge < -0.3 is 10.0 Å². The number of halogens is 1. The van der Waals surface area contributed by atoms with Gasteiger partial charge in [-0.15, -0.1) is 0 Å². The highest BCUT2D eigenvalue weighted by Crippen LogP contribution is 2.22. The molecule has 0 aromatic carbocycles. The normalized spacial score (nSPS) is 11.1. The highest BCUT2D eigenvalue weighted by atomic mass is 19.1. The van der Waals surface area contributed by atoms with Gasteiger partial charge in [-0.1, -0.05) is 13.8 Å². The summed E-state index contributed by atoms with van der Waals surface area (Å²) in [4.78, 5) is 17.0. The van der Waals surface area contributed by atoms with Gasteiger partial charge in [-0.2, -0.15) is 0 Å². The van der Waals surface area contributed by atoms with Crippen molar-refractivity contribution in [3.8, 4) is 0 Å². The smallest absolute Gasteiger partial charge is 0.339 e. The number of aromatic carboxylic acids is 1. The number of pyridine rings is 1. The zero-order chi connectivity index (χ0) is 13.9. The first-order valence-electron chi connectivity index (χ1n) is 5.98. The van der Waals surface area contributed by atoms with Crippen molar-refractivity contribution in [1.82, 2.24) is 4.98 Å². The molecule has 0 saturated heterocycles. The van der Waals surface area contributed by atoms with Crippen LogP contribution in [0, 0.1) is 11.7 Å². The lowest BCUT2D eigenvalue weighted by atomic mass is 10.1. The Bertz CT molecular complexity index is 433. The summed E-state index contributed by atoms with van der Waals surface area (Å²) in [6.45, 7) is 8.67. The number of carboxylic acids is 1. The maximum Gasteiger partial charge on any atom is 0.339 e. The van der Waals surface area contributed by atoms with Gasteiger partial charge in [0.25, 0.3) is 0 Å². The second kappa shape index (κ2) is 5.80. The fourth-order valence-corrected chi connectivity index (χ4v) is 1.75. The molecular weight excluding hydrogens is 235 g/mol. The van der Waals surface area contributed by atoms with Gasteiger partial charge in [-0.3, -0.25) is 0 Å². The van der Waals surface area contributed by atoms with Gasteiger partial charge >= 0.3 is 5.97 Å². The predicted molar refractivity (Wildman–Crippen MR) is 68.5 cm³/mol. The van der Waals surface area contributed by atoms with Crippen LogP contribution in [0.15, 0.2) is 12.3 Å². The van der Waals surface area contributed by atoms with Crippen LogP contribution in [0.3, 0.4) is 0 Å². The molecule has 0 aliphatic heterocycles. The molecule has 0 aliphatic carbocycles. The van der Waals surface area contributed by atoms with Crippen molar-refractivity contribution in [1.29, 1.82) is 0 Å². The lowest BCUT2D eigenvalue weighted by molar-refractivity contribution is 0.0696. The summed E-state index contributed by atoms with van der Waals surface area (Å²) in [5, 5.41) is 9.12. The van der Waals surface area contributed by atoms with E-state index in [0.717, 1.165) is 12.3 Å². The molecule has 18 heavy (non-hydrogen) atoms. The van der Waals surface area contributed by atoms with Crippen molar-refractivity contribution in [2.45, 2.75) is 33.7 Å². The topological polar surface area (TPSA) is 53.4 Å². The highest BCUT2D eigenvalue weighted by molar-refractivity contribution is 5.93. The third kappa shape index (κ3) is 3.42. The molecule has 0 spiro atoms. The van der Waals surface area contributed by atoms with E-state index in [-0.39, 0.29) is 11.6 Å². The minimum Gasteiger partial charge on any atom is -0.478 e. The minimum absolute atomic E-state index is 0.0932. The van der Waals surface area contributed by atoms with Gasteiger partial charge in [0.1, 0.15) is 17.2 Å². The molecule has 5 heteroatoms. The largest absolute Gasteiger partial charge is 0.478 e. The highest BCUT2D eigenvalue weighted by Gasteiger charge is 2.21. The van der Waals surface area contributed by atoms with Crippen LogP contribution in [0.25, 0.3) is 0 Å². The summed E-state index contributed by atoms with van der Waals surface area (Å²) >= 11 is 0. The molecule has 0 radical (unpaired) electrons. The number of carbonyl (C=O) groups is 1. The predicted octanol–water partition coefficient (Wildman–Crippen LogP) is 2.79. The van der Waals surface area contributed by atoms with E-state index in [4.69, 9.17) is 5.11 Å². The molecule has 0 fully saturated rings. The Labute approximate surface area is 106 Å². The molecule has 1 aromatic rings. The van der Waals surface area contributed by atoms with Crippen molar-refractivity contribution in [2.24, 2.45) is 5.92 Å². The summed E-state index contributed by atoms with van der Waals surface area (Å²) in [7, 11) is 0. The molecular formula is C13H19FN2O2. The second-order valence-corrected chi connectivity index (χ2v) is 4.97. The average Bonchev–Trinajstić information content (AvgIpc) is 2.25. The van der Waals surface area contributed by atoms with E-state index >= 15 is 0 Å². The van der Waals surface area contributed by atoms with Crippen LogP contribution in [0.4, 0.5) is 10.2 Å². The molecule has 1 rings (SSSR count). The van der Waals surface area contributed by atoms with Gasteiger partial charge in [-0.25, -0.2) is 14.2 Å². The molecule has 0 atom stereocenters. The molecule has 0 bridgehead atoms. The Morgan fingerprint density at radius 1 is 1.44 bits per heavy atom. The van der Waals surface area contributed by atoms with Crippen molar-refractivity contribution in [3.63, 3.8) is 0 Å². The van der Waals surface area contributed by atoms with Crippen molar-refractivity contribution in [2.75, 3.05) is 11.4 Å². The molecule has 100 valence electrons.